The van der Waals surface area contributed by atoms with Gasteiger partial charge in [-0.15, -0.1) is 5.10 Å². The first kappa shape index (κ1) is 24.6. The lowest BCUT2D eigenvalue weighted by molar-refractivity contribution is -0.211. The normalized spacial score (nSPS) is 23.6. The van der Waals surface area contributed by atoms with Gasteiger partial charge in [0.15, 0.2) is 17.7 Å². The van der Waals surface area contributed by atoms with Crippen molar-refractivity contribution >= 4 is 17.7 Å². The number of hydrogen-bond acceptors (Lipinski definition) is 11. The second kappa shape index (κ2) is 10.6. The number of carbonyl (C=O) groups excluding carboxylic acids is 3. The molecule has 1 aromatic heterocycles. The van der Waals surface area contributed by atoms with Gasteiger partial charge in [-0.05, 0) is 26.0 Å². The molecule has 12 heteroatoms. The van der Waals surface area contributed by atoms with Crippen molar-refractivity contribution < 1.29 is 43.5 Å². The molecule has 0 aromatic carbocycles. The molecule has 0 fully saturated rings. The lowest BCUT2D eigenvalue weighted by Crippen LogP contribution is -2.48. The molecule has 0 saturated heterocycles. The van der Waals surface area contributed by atoms with Crippen molar-refractivity contribution in [2.24, 2.45) is 0 Å². The minimum Gasteiger partial charge on any atom is -0.463 e. The molecule has 0 saturated carbocycles. The quantitative estimate of drug-likeness (QED) is 0.354. The Hall–Kier alpha value is -2.67. The molecule has 1 aliphatic rings. The van der Waals surface area contributed by atoms with E-state index >= 15 is 0 Å². The number of ketones is 1. The number of ether oxygens (including phenoxy) is 4. The second-order valence-corrected chi connectivity index (χ2v) is 7.22. The number of hydrogen-bond donors (Lipinski definition) is 2. The van der Waals surface area contributed by atoms with E-state index in [0.29, 0.717) is 0 Å². The number of rotatable bonds is 10. The second-order valence-electron chi connectivity index (χ2n) is 7.22. The summed E-state index contributed by atoms with van der Waals surface area (Å²) in [7, 11) is 0. The van der Waals surface area contributed by atoms with E-state index in [4.69, 9.17) is 18.9 Å². The highest BCUT2D eigenvalue weighted by Gasteiger charge is 2.37. The lowest BCUT2D eigenvalue weighted by atomic mass is 10.0. The fourth-order valence-electron chi connectivity index (χ4n) is 2.68. The van der Waals surface area contributed by atoms with Crippen molar-refractivity contribution in [3.63, 3.8) is 0 Å². The Balaban J connectivity index is 2.05. The molecule has 1 aromatic rings. The van der Waals surface area contributed by atoms with Gasteiger partial charge in [0.25, 0.3) is 0 Å². The standard InChI is InChI=1S/C19H27N3O9/c1-11(23)15-7-22(21-20-15)9-19(27,12(2)24)10-29-18-6-5-16(30-14(4)26)17(31-18)8-28-13(3)25/h5-7,11,16-18,23,27H,8-10H2,1-4H3/t11?,16-,17+,18-,19?/m0/s1. The van der Waals surface area contributed by atoms with Crippen LogP contribution >= 0.6 is 0 Å². The molecule has 12 nitrogen and oxygen atoms in total. The Morgan fingerprint density at radius 1 is 1.26 bits per heavy atom. The van der Waals surface area contributed by atoms with Crippen LogP contribution in [0.2, 0.25) is 0 Å². The molecule has 2 unspecified atom stereocenters. The summed E-state index contributed by atoms with van der Waals surface area (Å²) >= 11 is 0. The molecule has 31 heavy (non-hydrogen) atoms. The molecule has 2 rings (SSSR count). The minimum atomic E-state index is -1.95. The number of nitrogens with zero attached hydrogens (tertiary/aromatic N) is 3. The van der Waals surface area contributed by atoms with E-state index in [1.165, 1.54) is 50.7 Å². The highest BCUT2D eigenvalue weighted by Crippen LogP contribution is 2.20. The summed E-state index contributed by atoms with van der Waals surface area (Å²) in [6, 6.07) is 0. The first-order valence-electron chi connectivity index (χ1n) is 9.57. The maximum absolute atomic E-state index is 12.1. The van der Waals surface area contributed by atoms with Gasteiger partial charge in [0.2, 0.25) is 0 Å². The molecular formula is C19H27N3O9. The van der Waals surface area contributed by atoms with Gasteiger partial charge in [-0.2, -0.15) is 0 Å². The Morgan fingerprint density at radius 2 is 1.97 bits per heavy atom. The number of carbonyl (C=O) groups is 3. The monoisotopic (exact) mass is 441 g/mol. The van der Waals surface area contributed by atoms with Crippen LogP contribution in [0.25, 0.3) is 0 Å². The van der Waals surface area contributed by atoms with Crippen molar-refractivity contribution in [1.82, 2.24) is 15.0 Å². The van der Waals surface area contributed by atoms with E-state index in [9.17, 15) is 24.6 Å². The molecule has 0 aliphatic carbocycles. The van der Waals surface area contributed by atoms with Gasteiger partial charge in [-0.3, -0.25) is 14.4 Å². The average Bonchev–Trinajstić information content (AvgIpc) is 3.14. The molecule has 1 aliphatic heterocycles. The van der Waals surface area contributed by atoms with Gasteiger partial charge in [0, 0.05) is 13.8 Å². The van der Waals surface area contributed by atoms with E-state index in [1.54, 1.807) is 0 Å². The summed E-state index contributed by atoms with van der Waals surface area (Å²) in [5.41, 5.74) is -1.66. The van der Waals surface area contributed by atoms with Crippen LogP contribution in [0.15, 0.2) is 18.3 Å². The number of aliphatic hydroxyl groups excluding tert-OH is 1. The smallest absolute Gasteiger partial charge is 0.303 e. The predicted molar refractivity (Wildman–Crippen MR) is 102 cm³/mol. The van der Waals surface area contributed by atoms with Gasteiger partial charge in [-0.1, -0.05) is 5.21 Å². The van der Waals surface area contributed by atoms with Crippen molar-refractivity contribution in [1.29, 1.82) is 0 Å². The molecule has 5 atom stereocenters. The van der Waals surface area contributed by atoms with Crippen LogP contribution in [-0.2, 0) is 39.9 Å². The highest BCUT2D eigenvalue weighted by molar-refractivity contribution is 5.84. The first-order chi connectivity index (χ1) is 14.5. The highest BCUT2D eigenvalue weighted by atomic mass is 16.7. The van der Waals surface area contributed by atoms with Crippen LogP contribution in [0.4, 0.5) is 0 Å². The van der Waals surface area contributed by atoms with Crippen molar-refractivity contribution in [3.8, 4) is 0 Å². The van der Waals surface area contributed by atoms with Gasteiger partial charge < -0.3 is 29.2 Å². The summed E-state index contributed by atoms with van der Waals surface area (Å²) in [5.74, 6) is -1.65. The summed E-state index contributed by atoms with van der Waals surface area (Å²) in [6.45, 7) is 4.29. The lowest BCUT2D eigenvalue weighted by Gasteiger charge is -2.33. The summed E-state index contributed by atoms with van der Waals surface area (Å²) in [4.78, 5) is 34.5. The molecule has 2 heterocycles. The zero-order valence-electron chi connectivity index (χ0n) is 17.8. The van der Waals surface area contributed by atoms with Crippen molar-refractivity contribution in [2.75, 3.05) is 13.2 Å². The topological polar surface area (TPSA) is 159 Å². The van der Waals surface area contributed by atoms with Crippen LogP contribution in [0.3, 0.4) is 0 Å². The van der Waals surface area contributed by atoms with Gasteiger partial charge in [-0.25, -0.2) is 4.68 Å². The predicted octanol–water partition coefficient (Wildman–Crippen LogP) is -0.556. The fourth-order valence-corrected chi connectivity index (χ4v) is 2.68. The van der Waals surface area contributed by atoms with E-state index in [-0.39, 0.29) is 18.8 Å². The average molecular weight is 441 g/mol. The maximum atomic E-state index is 12.1. The molecule has 0 spiro atoms. The van der Waals surface area contributed by atoms with E-state index in [0.717, 1.165) is 0 Å². The maximum Gasteiger partial charge on any atom is 0.303 e. The molecule has 0 amide bonds. The fraction of sp³-hybridized carbons (Fsp3) is 0.632. The number of aliphatic hydroxyl groups is 2. The third kappa shape index (κ3) is 7.21. The van der Waals surface area contributed by atoms with E-state index in [2.05, 4.69) is 10.3 Å². The van der Waals surface area contributed by atoms with E-state index in [1.807, 2.05) is 0 Å². The number of aromatic nitrogens is 3. The third-order valence-electron chi connectivity index (χ3n) is 4.44. The van der Waals surface area contributed by atoms with Gasteiger partial charge in [0.05, 0.1) is 25.5 Å². The Labute approximate surface area is 178 Å². The SMILES string of the molecule is CC(=O)OC[C@H]1O[C@H](OCC(O)(Cn2cc(C(C)O)nn2)C(C)=O)C=C[C@@H]1OC(C)=O. The third-order valence-corrected chi connectivity index (χ3v) is 4.44. The van der Waals surface area contributed by atoms with Gasteiger partial charge in [0.1, 0.15) is 24.5 Å². The van der Waals surface area contributed by atoms with Crippen molar-refractivity contribution in [2.45, 2.75) is 64.4 Å². The Morgan fingerprint density at radius 3 is 2.52 bits per heavy atom. The van der Waals surface area contributed by atoms with Crippen LogP contribution < -0.4 is 0 Å². The summed E-state index contributed by atoms with van der Waals surface area (Å²) in [6.07, 6.45) is 0.906. The molecular weight excluding hydrogens is 414 g/mol. The van der Waals surface area contributed by atoms with Crippen LogP contribution in [0.1, 0.15) is 39.5 Å². The Bertz CT molecular complexity index is 822. The Kier molecular flexibility index (Phi) is 8.39. The first-order valence-corrected chi connectivity index (χ1v) is 9.57. The van der Waals surface area contributed by atoms with Gasteiger partial charge >= 0.3 is 11.9 Å². The number of esters is 2. The zero-order valence-corrected chi connectivity index (χ0v) is 17.8. The zero-order chi connectivity index (χ0) is 23.2. The van der Waals surface area contributed by atoms with Crippen LogP contribution in [-0.4, -0.2) is 80.2 Å². The molecule has 0 bridgehead atoms. The van der Waals surface area contributed by atoms with Crippen LogP contribution in [0.5, 0.6) is 0 Å². The van der Waals surface area contributed by atoms with E-state index < -0.39 is 54.5 Å². The molecule has 172 valence electrons. The molecule has 0 radical (unpaired) electrons. The van der Waals surface area contributed by atoms with Crippen molar-refractivity contribution in [3.05, 3.63) is 24.0 Å². The molecule has 2 N–H and O–H groups in total. The summed E-state index contributed by atoms with van der Waals surface area (Å²) in [5, 5.41) is 27.9. The summed E-state index contributed by atoms with van der Waals surface area (Å²) < 4.78 is 22.5. The minimum absolute atomic E-state index is 0.185. The largest absolute Gasteiger partial charge is 0.463 e. The number of Topliss-reactive ketones (excluding diaryl/α,β-unsaturated/α-hetero) is 1. The van der Waals surface area contributed by atoms with Crippen LogP contribution in [0, 0.1) is 0 Å².